The van der Waals surface area contributed by atoms with Crippen molar-refractivity contribution in [2.24, 2.45) is 5.14 Å². The van der Waals surface area contributed by atoms with Crippen molar-refractivity contribution in [2.75, 3.05) is 11.9 Å². The van der Waals surface area contributed by atoms with E-state index in [9.17, 15) is 22.8 Å². The van der Waals surface area contributed by atoms with Crippen LogP contribution in [0, 0.1) is 0 Å². The molecule has 0 atom stereocenters. The smallest absolute Gasteiger partial charge is 0.325 e. The first-order valence-corrected chi connectivity index (χ1v) is 12.4. The number of fused-ring (bicyclic) bond motifs is 2. The normalized spacial score (nSPS) is 15.0. The van der Waals surface area contributed by atoms with E-state index in [0.717, 1.165) is 32.0 Å². The summed E-state index contributed by atoms with van der Waals surface area (Å²) in [7, 11) is -3.87. The van der Waals surface area contributed by atoms with Gasteiger partial charge in [0.1, 0.15) is 12.2 Å². The van der Waals surface area contributed by atoms with Gasteiger partial charge >= 0.3 is 6.03 Å². The number of primary sulfonamides is 1. The first kappa shape index (κ1) is 23.2. The van der Waals surface area contributed by atoms with E-state index in [1.807, 2.05) is 48.5 Å². The molecule has 180 valence electrons. The first-order chi connectivity index (χ1) is 17.2. The number of amides is 4. The van der Waals surface area contributed by atoms with Gasteiger partial charge in [0.2, 0.25) is 15.9 Å². The Labute approximate surface area is 206 Å². The number of rotatable bonds is 5. The highest BCUT2D eigenvalue weighted by atomic mass is 32.2. The summed E-state index contributed by atoms with van der Waals surface area (Å²) in [6, 6.07) is 22.1. The van der Waals surface area contributed by atoms with Gasteiger partial charge in [-0.1, -0.05) is 48.5 Å². The quantitative estimate of drug-likeness (QED) is 0.219. The third kappa shape index (κ3) is 4.42. The van der Waals surface area contributed by atoms with Crippen LogP contribution in [0.1, 0.15) is 5.56 Å². The highest BCUT2D eigenvalue weighted by molar-refractivity contribution is 7.89. The number of urea groups is 1. The second-order valence-electron chi connectivity index (χ2n) is 8.23. The summed E-state index contributed by atoms with van der Waals surface area (Å²) < 4.78 is 22.7. The molecule has 9 nitrogen and oxygen atoms in total. The maximum atomic E-state index is 13.0. The number of hydrogen-bond donors (Lipinski definition) is 3. The molecule has 1 aliphatic heterocycles. The summed E-state index contributed by atoms with van der Waals surface area (Å²) in [5.41, 5.74) is 1.14. The molecule has 1 heterocycles. The number of anilines is 1. The molecule has 4 aromatic carbocycles. The van der Waals surface area contributed by atoms with Crippen LogP contribution in [0.15, 0.2) is 89.5 Å². The molecular weight excluding hydrogens is 480 g/mol. The molecule has 4 amide bonds. The molecule has 0 unspecified atom stereocenters. The average Bonchev–Trinajstić information content (AvgIpc) is 3.11. The summed E-state index contributed by atoms with van der Waals surface area (Å²) in [4.78, 5) is 38.8. The molecule has 10 heteroatoms. The Hall–Kier alpha value is -4.54. The van der Waals surface area contributed by atoms with Gasteiger partial charge in [0.25, 0.3) is 5.91 Å². The fourth-order valence-corrected chi connectivity index (χ4v) is 4.65. The SMILES string of the molecule is NS(=O)(=O)c1ccc(NC(=O)CN2C(=O)N/C(=C\c3c4ccccc4cc4ccccc34)C2=O)cc1. The second kappa shape index (κ2) is 8.91. The molecule has 1 aliphatic rings. The van der Waals surface area contributed by atoms with Gasteiger partial charge in [0.15, 0.2) is 0 Å². The van der Waals surface area contributed by atoms with Gasteiger partial charge in [0.05, 0.1) is 4.90 Å². The van der Waals surface area contributed by atoms with Gasteiger partial charge in [-0.05, 0) is 63.5 Å². The van der Waals surface area contributed by atoms with Crippen LogP contribution in [-0.2, 0) is 19.6 Å². The molecule has 1 fully saturated rings. The summed E-state index contributed by atoms with van der Waals surface area (Å²) in [5.74, 6) is -1.25. The molecule has 0 aromatic heterocycles. The van der Waals surface area contributed by atoms with Gasteiger partial charge in [-0.3, -0.25) is 9.59 Å². The Kier molecular flexibility index (Phi) is 5.75. The van der Waals surface area contributed by atoms with Crippen molar-refractivity contribution >= 4 is 61.2 Å². The van der Waals surface area contributed by atoms with Crippen molar-refractivity contribution in [3.05, 3.63) is 90.1 Å². The third-order valence-corrected chi connectivity index (χ3v) is 6.76. The molecule has 1 saturated heterocycles. The van der Waals surface area contributed by atoms with E-state index >= 15 is 0 Å². The maximum Gasteiger partial charge on any atom is 0.329 e. The Morgan fingerprint density at radius 1 is 0.917 bits per heavy atom. The number of hydrogen-bond acceptors (Lipinski definition) is 5. The molecule has 0 aliphatic carbocycles. The monoisotopic (exact) mass is 500 g/mol. The zero-order valence-electron chi connectivity index (χ0n) is 18.8. The fourth-order valence-electron chi connectivity index (χ4n) is 4.14. The lowest BCUT2D eigenvalue weighted by Crippen LogP contribution is -2.38. The van der Waals surface area contributed by atoms with E-state index in [4.69, 9.17) is 5.14 Å². The van der Waals surface area contributed by atoms with Crippen molar-refractivity contribution in [3.8, 4) is 0 Å². The van der Waals surface area contributed by atoms with Crippen molar-refractivity contribution < 1.29 is 22.8 Å². The number of nitrogens with one attached hydrogen (secondary N) is 2. The Morgan fingerprint density at radius 3 is 2.08 bits per heavy atom. The molecule has 0 spiro atoms. The summed E-state index contributed by atoms with van der Waals surface area (Å²) in [5, 5.41) is 14.0. The minimum Gasteiger partial charge on any atom is -0.325 e. The number of carbonyl (C=O) groups is 3. The fraction of sp³-hybridized carbons (Fsp3) is 0.0385. The summed E-state index contributed by atoms with van der Waals surface area (Å²) in [6.07, 6.45) is 1.63. The average molecular weight is 501 g/mol. The van der Waals surface area contributed by atoms with E-state index in [0.29, 0.717) is 0 Å². The number of nitrogens with zero attached hydrogens (tertiary/aromatic N) is 1. The van der Waals surface area contributed by atoms with E-state index in [2.05, 4.69) is 16.7 Å². The Balaban J connectivity index is 1.40. The molecule has 5 rings (SSSR count). The van der Waals surface area contributed by atoms with Gasteiger partial charge in [-0.15, -0.1) is 0 Å². The van der Waals surface area contributed by atoms with Crippen molar-refractivity contribution in [1.29, 1.82) is 0 Å². The molecular formula is C26H20N4O5S. The van der Waals surface area contributed by atoms with Crippen molar-refractivity contribution in [3.63, 3.8) is 0 Å². The lowest BCUT2D eigenvalue weighted by atomic mass is 9.96. The van der Waals surface area contributed by atoms with E-state index < -0.39 is 34.4 Å². The van der Waals surface area contributed by atoms with Crippen molar-refractivity contribution in [1.82, 2.24) is 10.2 Å². The van der Waals surface area contributed by atoms with Gasteiger partial charge in [-0.25, -0.2) is 23.3 Å². The van der Waals surface area contributed by atoms with E-state index in [1.54, 1.807) is 6.08 Å². The van der Waals surface area contributed by atoms with Crippen molar-refractivity contribution in [2.45, 2.75) is 4.90 Å². The van der Waals surface area contributed by atoms with Crippen LogP contribution in [0.3, 0.4) is 0 Å². The van der Waals surface area contributed by atoms with E-state index in [-0.39, 0.29) is 16.3 Å². The highest BCUT2D eigenvalue weighted by Gasteiger charge is 2.35. The number of imide groups is 1. The minimum atomic E-state index is -3.87. The van der Waals surface area contributed by atoms with Crippen LogP contribution in [0.25, 0.3) is 27.6 Å². The lowest BCUT2D eigenvalue weighted by molar-refractivity contribution is -0.127. The Morgan fingerprint density at radius 2 is 1.50 bits per heavy atom. The lowest BCUT2D eigenvalue weighted by Gasteiger charge is -2.12. The predicted octanol–water partition coefficient (Wildman–Crippen LogP) is 3.17. The summed E-state index contributed by atoms with van der Waals surface area (Å²) >= 11 is 0. The third-order valence-electron chi connectivity index (χ3n) is 5.83. The number of carbonyl (C=O) groups excluding carboxylic acids is 3. The molecule has 4 aromatic rings. The van der Waals surface area contributed by atoms with E-state index in [1.165, 1.54) is 24.3 Å². The van der Waals surface area contributed by atoms with Crippen LogP contribution in [0.5, 0.6) is 0 Å². The number of sulfonamides is 1. The molecule has 36 heavy (non-hydrogen) atoms. The van der Waals surface area contributed by atoms with Crippen LogP contribution >= 0.6 is 0 Å². The maximum absolute atomic E-state index is 13.0. The molecule has 4 N–H and O–H groups in total. The Bertz CT molecular complexity index is 1640. The van der Waals surface area contributed by atoms with Gasteiger partial charge in [-0.2, -0.15) is 0 Å². The minimum absolute atomic E-state index is 0.0619. The molecule has 0 bridgehead atoms. The standard InChI is InChI=1S/C26H20N4O5S/c27-36(34,35)19-11-9-18(10-12-19)28-24(31)15-30-25(32)23(29-26(30)33)14-22-20-7-3-1-5-16(20)13-17-6-2-4-8-21(17)22/h1-14H,15H2,(H,28,31)(H,29,33)(H2,27,34,35)/b23-14-. The topological polar surface area (TPSA) is 139 Å². The van der Waals surface area contributed by atoms with Gasteiger partial charge in [0, 0.05) is 5.69 Å². The zero-order valence-corrected chi connectivity index (χ0v) is 19.6. The first-order valence-electron chi connectivity index (χ1n) is 10.9. The van der Waals surface area contributed by atoms with Gasteiger partial charge < -0.3 is 10.6 Å². The van der Waals surface area contributed by atoms with Crippen LogP contribution in [0.2, 0.25) is 0 Å². The number of nitrogens with two attached hydrogens (primary N) is 1. The highest BCUT2D eigenvalue weighted by Crippen LogP contribution is 2.30. The molecule has 0 radical (unpaired) electrons. The number of benzene rings is 4. The van der Waals surface area contributed by atoms with Crippen LogP contribution in [-0.4, -0.2) is 37.7 Å². The van der Waals surface area contributed by atoms with Crippen LogP contribution < -0.4 is 15.8 Å². The zero-order chi connectivity index (χ0) is 25.4. The van der Waals surface area contributed by atoms with Crippen LogP contribution in [0.4, 0.5) is 10.5 Å². The summed E-state index contributed by atoms with van der Waals surface area (Å²) in [6.45, 7) is -0.519. The second-order valence-corrected chi connectivity index (χ2v) is 9.79. The predicted molar refractivity (Wildman–Crippen MR) is 136 cm³/mol. The molecule has 0 saturated carbocycles. The largest absolute Gasteiger partial charge is 0.329 e.